The molecule has 2 heterocycles. The molecule has 1 aliphatic heterocycles. The van der Waals surface area contributed by atoms with Gasteiger partial charge in [0.15, 0.2) is 0 Å². The van der Waals surface area contributed by atoms with Crippen LogP contribution in [0.3, 0.4) is 0 Å². The molecule has 0 saturated carbocycles. The first-order valence-corrected chi connectivity index (χ1v) is 10.2. The molecule has 1 aliphatic rings. The minimum atomic E-state index is 0.142. The minimum Gasteiger partial charge on any atom is -0.338 e. The largest absolute Gasteiger partial charge is 0.338 e. The summed E-state index contributed by atoms with van der Waals surface area (Å²) >= 11 is 0. The monoisotopic (exact) mass is 372 g/mol. The summed E-state index contributed by atoms with van der Waals surface area (Å²) in [6.07, 6.45) is 1.19. The van der Waals surface area contributed by atoms with Gasteiger partial charge in [-0.2, -0.15) is 0 Å². The van der Waals surface area contributed by atoms with E-state index < -0.39 is 0 Å². The van der Waals surface area contributed by atoms with Crippen molar-refractivity contribution in [2.75, 3.05) is 13.1 Å². The van der Waals surface area contributed by atoms with Gasteiger partial charge in [-0.1, -0.05) is 61.9 Å². The molecular weight excluding hydrogens is 344 g/mol. The maximum atomic E-state index is 13.7. The predicted octanol–water partition coefficient (Wildman–Crippen LogP) is 5.64. The first kappa shape index (κ1) is 18.7. The fraction of sp³-hybridized carbons (Fsp3) is 0.360. The zero-order valence-corrected chi connectivity index (χ0v) is 17.2. The lowest BCUT2D eigenvalue weighted by molar-refractivity contribution is 0.0624. The summed E-state index contributed by atoms with van der Waals surface area (Å²) in [5.74, 6) is 1.22. The molecule has 2 unspecified atom stereocenters. The summed E-state index contributed by atoms with van der Waals surface area (Å²) < 4.78 is 0. The Morgan fingerprint density at radius 2 is 1.61 bits per heavy atom. The number of hydrogen-bond acceptors (Lipinski definition) is 2. The van der Waals surface area contributed by atoms with E-state index in [2.05, 4.69) is 45.0 Å². The fourth-order valence-corrected chi connectivity index (χ4v) is 4.56. The lowest BCUT2D eigenvalue weighted by atomic mass is 9.90. The molecule has 144 valence electrons. The van der Waals surface area contributed by atoms with Crippen molar-refractivity contribution >= 4 is 16.8 Å². The molecule has 2 atom stereocenters. The normalized spacial score (nSPS) is 19.8. The summed E-state index contributed by atoms with van der Waals surface area (Å²) in [6.45, 7) is 10.3. The Bertz CT molecular complexity index is 1010. The molecule has 1 fully saturated rings. The number of benzene rings is 2. The summed E-state index contributed by atoms with van der Waals surface area (Å²) in [4.78, 5) is 20.6. The number of carbonyl (C=O) groups excluding carboxylic acids is 1. The third kappa shape index (κ3) is 3.42. The average molecular weight is 373 g/mol. The van der Waals surface area contributed by atoms with Crippen molar-refractivity contribution in [3.05, 3.63) is 65.2 Å². The van der Waals surface area contributed by atoms with E-state index in [1.54, 1.807) is 0 Å². The van der Waals surface area contributed by atoms with E-state index in [9.17, 15) is 4.79 Å². The molecule has 3 nitrogen and oxygen atoms in total. The van der Waals surface area contributed by atoms with Gasteiger partial charge in [-0.25, -0.2) is 4.98 Å². The number of rotatable bonds is 2. The Balaban J connectivity index is 1.88. The van der Waals surface area contributed by atoms with Crippen molar-refractivity contribution in [2.45, 2.75) is 34.1 Å². The number of nitrogens with zero attached hydrogens (tertiary/aromatic N) is 2. The second kappa shape index (κ2) is 7.38. The van der Waals surface area contributed by atoms with Crippen LogP contribution in [0.15, 0.2) is 48.5 Å². The van der Waals surface area contributed by atoms with Gasteiger partial charge in [-0.3, -0.25) is 4.79 Å². The molecule has 4 rings (SSSR count). The van der Waals surface area contributed by atoms with Crippen LogP contribution in [0.25, 0.3) is 22.2 Å². The Morgan fingerprint density at radius 3 is 2.29 bits per heavy atom. The van der Waals surface area contributed by atoms with Gasteiger partial charge in [-0.15, -0.1) is 0 Å². The van der Waals surface area contributed by atoms with Crippen molar-refractivity contribution in [3.8, 4) is 11.3 Å². The summed E-state index contributed by atoms with van der Waals surface area (Å²) in [7, 11) is 0. The van der Waals surface area contributed by atoms with Crippen LogP contribution in [-0.4, -0.2) is 28.9 Å². The number of pyridine rings is 1. The van der Waals surface area contributed by atoms with E-state index >= 15 is 0 Å². The van der Waals surface area contributed by atoms with Crippen LogP contribution < -0.4 is 0 Å². The predicted molar refractivity (Wildman–Crippen MR) is 116 cm³/mol. The van der Waals surface area contributed by atoms with Crippen LogP contribution in [0.5, 0.6) is 0 Å². The van der Waals surface area contributed by atoms with Gasteiger partial charge in [0.2, 0.25) is 0 Å². The maximum Gasteiger partial charge on any atom is 0.254 e. The van der Waals surface area contributed by atoms with E-state index in [1.807, 2.05) is 36.1 Å². The van der Waals surface area contributed by atoms with Gasteiger partial charge in [0.25, 0.3) is 5.91 Å². The highest BCUT2D eigenvalue weighted by atomic mass is 16.2. The lowest BCUT2D eigenvalue weighted by Gasteiger charge is -2.35. The SMILES string of the molecule is Cc1ccc(-c2nc3ccccc3c(C(=O)N3CC(C)CC(C)C3)c2C)cc1. The number of para-hydroxylation sites is 1. The minimum absolute atomic E-state index is 0.142. The van der Waals surface area contributed by atoms with Gasteiger partial charge in [-0.05, 0) is 43.7 Å². The maximum absolute atomic E-state index is 13.7. The molecule has 28 heavy (non-hydrogen) atoms. The number of carbonyl (C=O) groups is 1. The average Bonchev–Trinajstić information content (AvgIpc) is 2.67. The lowest BCUT2D eigenvalue weighted by Crippen LogP contribution is -2.43. The molecular formula is C25H28N2O. The smallest absolute Gasteiger partial charge is 0.254 e. The summed E-state index contributed by atoms with van der Waals surface area (Å²) in [5.41, 5.74) is 5.84. The quantitative estimate of drug-likeness (QED) is 0.583. The van der Waals surface area contributed by atoms with Crippen molar-refractivity contribution in [1.29, 1.82) is 0 Å². The molecule has 0 spiro atoms. The number of piperidine rings is 1. The first-order valence-electron chi connectivity index (χ1n) is 10.2. The molecule has 3 aromatic rings. The molecule has 1 saturated heterocycles. The van der Waals surface area contributed by atoms with Gasteiger partial charge >= 0.3 is 0 Å². The van der Waals surface area contributed by atoms with E-state index in [-0.39, 0.29) is 5.91 Å². The van der Waals surface area contributed by atoms with Gasteiger partial charge < -0.3 is 4.90 Å². The Kier molecular flexibility index (Phi) is 4.92. The third-order valence-electron chi connectivity index (χ3n) is 5.83. The van der Waals surface area contributed by atoms with Crippen LogP contribution in [0.2, 0.25) is 0 Å². The molecule has 1 amide bonds. The van der Waals surface area contributed by atoms with E-state index in [1.165, 1.54) is 12.0 Å². The molecule has 0 bridgehead atoms. The highest BCUT2D eigenvalue weighted by Gasteiger charge is 2.29. The van der Waals surface area contributed by atoms with Crippen LogP contribution >= 0.6 is 0 Å². The second-order valence-corrected chi connectivity index (χ2v) is 8.50. The second-order valence-electron chi connectivity index (χ2n) is 8.50. The van der Waals surface area contributed by atoms with Crippen LogP contribution in [0.4, 0.5) is 0 Å². The molecule has 0 aliphatic carbocycles. The van der Waals surface area contributed by atoms with E-state index in [4.69, 9.17) is 4.98 Å². The fourth-order valence-electron chi connectivity index (χ4n) is 4.56. The number of fused-ring (bicyclic) bond motifs is 1. The summed E-state index contributed by atoms with van der Waals surface area (Å²) in [6, 6.07) is 16.4. The first-order chi connectivity index (χ1) is 13.4. The van der Waals surface area contributed by atoms with Gasteiger partial charge in [0.1, 0.15) is 0 Å². The molecule has 0 radical (unpaired) electrons. The highest BCUT2D eigenvalue weighted by molar-refractivity contribution is 6.09. The standard InChI is InChI=1S/C25H28N2O/c1-16-9-11-20(12-10-16)24-19(4)23(21-7-5-6-8-22(21)26-24)25(28)27-14-17(2)13-18(3)15-27/h5-12,17-18H,13-15H2,1-4H3. The highest BCUT2D eigenvalue weighted by Crippen LogP contribution is 2.32. The van der Waals surface area contributed by atoms with E-state index in [0.29, 0.717) is 11.8 Å². The van der Waals surface area contributed by atoms with Crippen molar-refractivity contribution < 1.29 is 4.79 Å². The van der Waals surface area contributed by atoms with Gasteiger partial charge in [0.05, 0.1) is 16.8 Å². The number of aromatic nitrogens is 1. The summed E-state index contributed by atoms with van der Waals surface area (Å²) in [5, 5.41) is 0.951. The van der Waals surface area contributed by atoms with Crippen LogP contribution in [0, 0.1) is 25.7 Å². The Hall–Kier alpha value is -2.68. The molecule has 2 aromatic carbocycles. The van der Waals surface area contributed by atoms with Crippen molar-refractivity contribution in [3.63, 3.8) is 0 Å². The number of amides is 1. The van der Waals surface area contributed by atoms with E-state index in [0.717, 1.165) is 46.4 Å². The Morgan fingerprint density at radius 1 is 0.964 bits per heavy atom. The molecule has 1 aromatic heterocycles. The molecule has 3 heteroatoms. The topological polar surface area (TPSA) is 33.2 Å². The number of aryl methyl sites for hydroxylation is 1. The van der Waals surface area contributed by atoms with Crippen molar-refractivity contribution in [2.24, 2.45) is 11.8 Å². The van der Waals surface area contributed by atoms with Crippen LogP contribution in [-0.2, 0) is 0 Å². The zero-order chi connectivity index (χ0) is 19.8. The van der Waals surface area contributed by atoms with Crippen LogP contribution in [0.1, 0.15) is 41.8 Å². The third-order valence-corrected chi connectivity index (χ3v) is 5.83. The molecule has 0 N–H and O–H groups in total. The van der Waals surface area contributed by atoms with Gasteiger partial charge in [0, 0.05) is 24.0 Å². The van der Waals surface area contributed by atoms with Crippen molar-refractivity contribution in [1.82, 2.24) is 9.88 Å². The number of hydrogen-bond donors (Lipinski definition) is 0. The zero-order valence-electron chi connectivity index (χ0n) is 17.2. The number of likely N-dealkylation sites (tertiary alicyclic amines) is 1. The Labute approximate surface area is 167 Å².